The summed E-state index contributed by atoms with van der Waals surface area (Å²) in [5.41, 5.74) is -2.25. The number of hydrogen-bond acceptors (Lipinski definition) is 3. The molecule has 2 rings (SSSR count). The van der Waals surface area contributed by atoms with Gasteiger partial charge in [0.15, 0.2) is 0 Å². The van der Waals surface area contributed by atoms with E-state index in [2.05, 4.69) is 5.10 Å². The molecule has 0 radical (unpaired) electrons. The fourth-order valence-corrected chi connectivity index (χ4v) is 2.09. The highest BCUT2D eigenvalue weighted by Gasteiger charge is 2.54. The normalized spacial score (nSPS) is 21.5. The number of alkyl halides is 3. The molecule has 112 valence electrons. The molecule has 0 bridgehead atoms. The lowest BCUT2D eigenvalue weighted by atomic mass is 9.79. The third kappa shape index (κ3) is 2.35. The number of nitrogens with zero attached hydrogens (tertiary/aromatic N) is 2. The molecule has 1 fully saturated rings. The molecular weight excluding hydrogens is 272 g/mol. The van der Waals surface area contributed by atoms with Gasteiger partial charge in [0.25, 0.3) is 0 Å². The Kier molecular flexibility index (Phi) is 3.45. The third-order valence-electron chi connectivity index (χ3n) is 3.94. The van der Waals surface area contributed by atoms with Crippen molar-refractivity contribution in [3.05, 3.63) is 11.9 Å². The monoisotopic (exact) mass is 290 g/mol. The summed E-state index contributed by atoms with van der Waals surface area (Å²) in [5, 5.41) is 3.78. The van der Waals surface area contributed by atoms with Crippen LogP contribution in [0.4, 0.5) is 13.2 Å². The van der Waals surface area contributed by atoms with Gasteiger partial charge >= 0.3 is 13.3 Å². The summed E-state index contributed by atoms with van der Waals surface area (Å²) in [6.45, 7) is 8.93. The predicted octanol–water partition coefficient (Wildman–Crippen LogP) is 2.22. The Bertz CT molecular complexity index is 495. The summed E-state index contributed by atoms with van der Waals surface area (Å²) in [5.74, 6) is 0. The Hall–Kier alpha value is -1.02. The van der Waals surface area contributed by atoms with Gasteiger partial charge in [-0.05, 0) is 34.6 Å². The van der Waals surface area contributed by atoms with Crippen molar-refractivity contribution in [3.63, 3.8) is 0 Å². The molecule has 8 heteroatoms. The maximum atomic E-state index is 13.2. The Morgan fingerprint density at radius 2 is 1.70 bits per heavy atom. The Morgan fingerprint density at radius 3 is 2.10 bits per heavy atom. The molecule has 1 aliphatic heterocycles. The minimum Gasteiger partial charge on any atom is -0.399 e. The first kappa shape index (κ1) is 15.4. The van der Waals surface area contributed by atoms with Crippen LogP contribution in [-0.2, 0) is 22.0 Å². The highest BCUT2D eigenvalue weighted by molar-refractivity contribution is 6.62. The van der Waals surface area contributed by atoms with Crippen molar-refractivity contribution in [2.75, 3.05) is 0 Å². The fraction of sp³-hybridized carbons (Fsp3) is 0.750. The first-order chi connectivity index (χ1) is 8.99. The van der Waals surface area contributed by atoms with E-state index < -0.39 is 30.2 Å². The van der Waals surface area contributed by atoms with Crippen LogP contribution in [0.1, 0.15) is 40.3 Å². The minimum absolute atomic E-state index is 0.0713. The maximum absolute atomic E-state index is 13.2. The van der Waals surface area contributed by atoms with Gasteiger partial charge in [0.1, 0.15) is 5.69 Å². The summed E-state index contributed by atoms with van der Waals surface area (Å²) in [6.07, 6.45) is -3.32. The van der Waals surface area contributed by atoms with E-state index in [0.717, 1.165) is 4.68 Å². The third-order valence-corrected chi connectivity index (χ3v) is 3.94. The number of hydrogen-bond donors (Lipinski definition) is 0. The molecule has 0 aromatic carbocycles. The van der Waals surface area contributed by atoms with Crippen LogP contribution < -0.4 is 5.46 Å². The summed E-state index contributed by atoms with van der Waals surface area (Å²) < 4.78 is 51.8. The highest BCUT2D eigenvalue weighted by Crippen LogP contribution is 2.38. The largest absolute Gasteiger partial charge is 0.498 e. The van der Waals surface area contributed by atoms with Crippen molar-refractivity contribution in [1.82, 2.24) is 9.78 Å². The summed E-state index contributed by atoms with van der Waals surface area (Å²) in [6, 6.07) is 0. The summed E-state index contributed by atoms with van der Waals surface area (Å²) >= 11 is 0. The average molecular weight is 290 g/mol. The lowest BCUT2D eigenvalue weighted by Gasteiger charge is -2.32. The average Bonchev–Trinajstić information content (AvgIpc) is 2.77. The van der Waals surface area contributed by atoms with E-state index in [-0.39, 0.29) is 12.0 Å². The topological polar surface area (TPSA) is 36.3 Å². The smallest absolute Gasteiger partial charge is 0.399 e. The van der Waals surface area contributed by atoms with Crippen molar-refractivity contribution >= 4 is 12.6 Å². The van der Waals surface area contributed by atoms with Gasteiger partial charge in [-0.2, -0.15) is 18.3 Å². The lowest BCUT2D eigenvalue weighted by Crippen LogP contribution is -2.41. The van der Waals surface area contributed by atoms with E-state index in [9.17, 15) is 13.2 Å². The standard InChI is InChI=1S/C12H18BF3N2O2/c1-6-18-9(12(14,15)16)8(7-17-18)13-19-10(2,3)11(4,5)20-13/h7H,6H2,1-5H3. The van der Waals surface area contributed by atoms with Crippen molar-refractivity contribution < 1.29 is 22.5 Å². The van der Waals surface area contributed by atoms with Gasteiger partial charge in [0, 0.05) is 18.2 Å². The number of aryl methyl sites for hydroxylation is 1. The van der Waals surface area contributed by atoms with Gasteiger partial charge in [-0.1, -0.05) is 0 Å². The number of rotatable bonds is 2. The molecule has 0 unspecified atom stereocenters. The molecule has 0 spiro atoms. The van der Waals surface area contributed by atoms with Crippen LogP contribution in [0, 0.1) is 0 Å². The van der Waals surface area contributed by atoms with Gasteiger partial charge in [0.2, 0.25) is 0 Å². The van der Waals surface area contributed by atoms with Crippen LogP contribution >= 0.6 is 0 Å². The molecule has 0 atom stereocenters. The maximum Gasteiger partial charge on any atom is 0.498 e. The van der Waals surface area contributed by atoms with Crippen LogP contribution in [0.15, 0.2) is 6.20 Å². The van der Waals surface area contributed by atoms with Gasteiger partial charge in [-0.3, -0.25) is 4.68 Å². The predicted molar refractivity (Wildman–Crippen MR) is 68.6 cm³/mol. The second kappa shape index (κ2) is 4.49. The zero-order valence-electron chi connectivity index (χ0n) is 12.2. The van der Waals surface area contributed by atoms with Crippen LogP contribution in [0.3, 0.4) is 0 Å². The van der Waals surface area contributed by atoms with Crippen LogP contribution in [-0.4, -0.2) is 28.1 Å². The van der Waals surface area contributed by atoms with E-state index in [1.807, 2.05) is 0 Å². The van der Waals surface area contributed by atoms with Gasteiger partial charge in [-0.25, -0.2) is 0 Å². The zero-order chi connectivity index (χ0) is 15.3. The number of aromatic nitrogens is 2. The van der Waals surface area contributed by atoms with Crippen molar-refractivity contribution in [2.24, 2.45) is 0 Å². The summed E-state index contributed by atoms with van der Waals surface area (Å²) in [7, 11) is -1.06. The van der Waals surface area contributed by atoms with Crippen molar-refractivity contribution in [3.8, 4) is 0 Å². The van der Waals surface area contributed by atoms with Crippen LogP contribution in [0.2, 0.25) is 0 Å². The molecule has 1 aromatic rings. The van der Waals surface area contributed by atoms with Gasteiger partial charge in [0.05, 0.1) is 11.2 Å². The first-order valence-corrected chi connectivity index (χ1v) is 6.48. The first-order valence-electron chi connectivity index (χ1n) is 6.48. The number of halogens is 3. The van der Waals surface area contributed by atoms with Crippen LogP contribution in [0.25, 0.3) is 0 Å². The van der Waals surface area contributed by atoms with Crippen LogP contribution in [0.5, 0.6) is 0 Å². The fourth-order valence-electron chi connectivity index (χ4n) is 2.09. The molecule has 1 saturated heterocycles. The quantitative estimate of drug-likeness (QED) is 0.784. The molecular formula is C12H18BF3N2O2. The Morgan fingerprint density at radius 1 is 1.20 bits per heavy atom. The second-order valence-electron chi connectivity index (χ2n) is 5.85. The molecule has 4 nitrogen and oxygen atoms in total. The van der Waals surface area contributed by atoms with E-state index in [0.29, 0.717) is 0 Å². The van der Waals surface area contributed by atoms with Crippen molar-refractivity contribution in [1.29, 1.82) is 0 Å². The molecule has 1 aromatic heterocycles. The van der Waals surface area contributed by atoms with Crippen molar-refractivity contribution in [2.45, 2.75) is 58.5 Å². The Balaban J connectivity index is 2.44. The SMILES string of the molecule is CCn1ncc(B2OC(C)(C)C(C)(C)O2)c1C(F)(F)F. The molecule has 1 aliphatic rings. The van der Waals surface area contributed by atoms with Gasteiger partial charge in [-0.15, -0.1) is 0 Å². The molecule has 0 amide bonds. The highest BCUT2D eigenvalue weighted by atomic mass is 19.4. The lowest BCUT2D eigenvalue weighted by molar-refractivity contribution is -0.143. The molecule has 0 saturated carbocycles. The molecule has 2 heterocycles. The molecule has 20 heavy (non-hydrogen) atoms. The van der Waals surface area contributed by atoms with Gasteiger partial charge < -0.3 is 9.31 Å². The Labute approximate surface area is 116 Å². The van der Waals surface area contributed by atoms with E-state index >= 15 is 0 Å². The minimum atomic E-state index is -4.49. The van der Waals surface area contributed by atoms with E-state index in [4.69, 9.17) is 9.31 Å². The molecule has 0 aliphatic carbocycles. The van der Waals surface area contributed by atoms with E-state index in [1.54, 1.807) is 34.6 Å². The second-order valence-corrected chi connectivity index (χ2v) is 5.85. The molecule has 0 N–H and O–H groups in total. The zero-order valence-corrected chi connectivity index (χ0v) is 12.2. The van der Waals surface area contributed by atoms with E-state index in [1.165, 1.54) is 6.20 Å². The summed E-state index contributed by atoms with van der Waals surface area (Å²) in [4.78, 5) is 0.